The van der Waals surface area contributed by atoms with Gasteiger partial charge in [0, 0.05) is 17.3 Å². The van der Waals surface area contributed by atoms with E-state index >= 15 is 0 Å². The number of carbonyl (C=O) groups is 1. The highest BCUT2D eigenvalue weighted by atomic mass is 16.4. The fourth-order valence-corrected chi connectivity index (χ4v) is 2.16. The van der Waals surface area contributed by atoms with Gasteiger partial charge in [-0.25, -0.2) is 0 Å². The molecule has 0 aliphatic rings. The van der Waals surface area contributed by atoms with Crippen molar-refractivity contribution in [2.75, 3.05) is 5.32 Å². The molecule has 5 heteroatoms. The second-order valence-corrected chi connectivity index (χ2v) is 5.54. The van der Waals surface area contributed by atoms with Crippen LogP contribution in [0.1, 0.15) is 41.3 Å². The zero-order valence-corrected chi connectivity index (χ0v) is 13.1. The molecule has 2 aromatic rings. The summed E-state index contributed by atoms with van der Waals surface area (Å²) in [6.07, 6.45) is 0. The molecule has 0 unspecified atom stereocenters. The topological polar surface area (TPSA) is 74.5 Å². The third-order valence-corrected chi connectivity index (χ3v) is 3.23. The Balaban J connectivity index is 2.01. The standard InChI is InChI=1S/C17H22N2O3/c1-11(2)19-17(21)16-7-4-13(8-12(16)3)18-9-14-5-6-15(10-20)22-14/h4-8,11,18,20H,9-10H2,1-3H3,(H,19,21). The number of aliphatic hydroxyl groups is 1. The lowest BCUT2D eigenvalue weighted by molar-refractivity contribution is 0.0942. The first-order valence-corrected chi connectivity index (χ1v) is 7.33. The molecule has 1 amide bonds. The van der Waals surface area contributed by atoms with E-state index in [0.29, 0.717) is 17.9 Å². The van der Waals surface area contributed by atoms with Crippen molar-refractivity contribution >= 4 is 11.6 Å². The third kappa shape index (κ3) is 4.11. The molecule has 0 spiro atoms. The lowest BCUT2D eigenvalue weighted by Gasteiger charge is -2.12. The number of anilines is 1. The maximum Gasteiger partial charge on any atom is 0.251 e. The number of nitrogens with one attached hydrogen (secondary N) is 2. The van der Waals surface area contributed by atoms with Gasteiger partial charge in [0.05, 0.1) is 6.54 Å². The van der Waals surface area contributed by atoms with E-state index in [2.05, 4.69) is 10.6 Å². The van der Waals surface area contributed by atoms with Gasteiger partial charge in [0.1, 0.15) is 18.1 Å². The van der Waals surface area contributed by atoms with Crippen LogP contribution in [0, 0.1) is 6.92 Å². The van der Waals surface area contributed by atoms with Gasteiger partial charge >= 0.3 is 0 Å². The van der Waals surface area contributed by atoms with Gasteiger partial charge < -0.3 is 20.2 Å². The van der Waals surface area contributed by atoms with E-state index in [-0.39, 0.29) is 18.6 Å². The van der Waals surface area contributed by atoms with E-state index in [1.807, 2.05) is 45.0 Å². The number of furan rings is 1. The van der Waals surface area contributed by atoms with E-state index in [9.17, 15) is 4.79 Å². The molecule has 22 heavy (non-hydrogen) atoms. The molecule has 0 saturated heterocycles. The van der Waals surface area contributed by atoms with Crippen LogP contribution in [0.15, 0.2) is 34.7 Å². The van der Waals surface area contributed by atoms with Crippen molar-refractivity contribution in [2.45, 2.75) is 40.0 Å². The van der Waals surface area contributed by atoms with Gasteiger partial charge in [0.15, 0.2) is 0 Å². The molecular weight excluding hydrogens is 280 g/mol. The summed E-state index contributed by atoms with van der Waals surface area (Å²) in [4.78, 5) is 12.0. The Kier molecular flexibility index (Phi) is 5.22. The molecular formula is C17H22N2O3. The smallest absolute Gasteiger partial charge is 0.251 e. The molecule has 2 rings (SSSR count). The zero-order valence-electron chi connectivity index (χ0n) is 13.1. The Bertz CT molecular complexity index is 647. The zero-order chi connectivity index (χ0) is 16.1. The number of aliphatic hydroxyl groups excluding tert-OH is 1. The molecule has 1 heterocycles. The summed E-state index contributed by atoms with van der Waals surface area (Å²) in [6.45, 7) is 6.22. The van der Waals surface area contributed by atoms with Gasteiger partial charge in [-0.3, -0.25) is 4.79 Å². The quantitative estimate of drug-likeness (QED) is 0.767. The van der Waals surface area contributed by atoms with Crippen molar-refractivity contribution in [3.8, 4) is 0 Å². The average molecular weight is 302 g/mol. The molecule has 5 nitrogen and oxygen atoms in total. The molecule has 0 atom stereocenters. The number of aryl methyl sites for hydroxylation is 1. The van der Waals surface area contributed by atoms with Gasteiger partial charge in [-0.15, -0.1) is 0 Å². The van der Waals surface area contributed by atoms with Crippen LogP contribution in [0.3, 0.4) is 0 Å². The molecule has 0 radical (unpaired) electrons. The Hall–Kier alpha value is -2.27. The number of hydrogen-bond donors (Lipinski definition) is 3. The average Bonchev–Trinajstić information content (AvgIpc) is 2.92. The third-order valence-electron chi connectivity index (χ3n) is 3.23. The summed E-state index contributed by atoms with van der Waals surface area (Å²) in [5, 5.41) is 15.1. The number of rotatable bonds is 6. The minimum absolute atomic E-state index is 0.0577. The second kappa shape index (κ2) is 7.13. The number of benzene rings is 1. The SMILES string of the molecule is Cc1cc(NCc2ccc(CO)o2)ccc1C(=O)NC(C)C. The lowest BCUT2D eigenvalue weighted by Crippen LogP contribution is -2.30. The first-order chi connectivity index (χ1) is 10.5. The highest BCUT2D eigenvalue weighted by Gasteiger charge is 2.10. The van der Waals surface area contributed by atoms with Crippen molar-refractivity contribution < 1.29 is 14.3 Å². The number of amides is 1. The summed E-state index contributed by atoms with van der Waals surface area (Å²) in [7, 11) is 0. The molecule has 1 aromatic carbocycles. The molecule has 0 fully saturated rings. The maximum absolute atomic E-state index is 12.0. The Morgan fingerprint density at radius 2 is 1.95 bits per heavy atom. The fraction of sp³-hybridized carbons (Fsp3) is 0.353. The van der Waals surface area contributed by atoms with Crippen molar-refractivity contribution in [3.05, 3.63) is 53.0 Å². The van der Waals surface area contributed by atoms with E-state index in [4.69, 9.17) is 9.52 Å². The summed E-state index contributed by atoms with van der Waals surface area (Å²) in [5.41, 5.74) is 2.51. The molecule has 118 valence electrons. The first-order valence-electron chi connectivity index (χ1n) is 7.33. The van der Waals surface area contributed by atoms with Crippen LogP contribution in [-0.2, 0) is 13.2 Å². The lowest BCUT2D eigenvalue weighted by atomic mass is 10.1. The summed E-state index contributed by atoms with van der Waals surface area (Å²) >= 11 is 0. The van der Waals surface area contributed by atoms with Gasteiger partial charge in [-0.05, 0) is 56.7 Å². The molecule has 0 bridgehead atoms. The van der Waals surface area contributed by atoms with Crippen LogP contribution in [0.5, 0.6) is 0 Å². The van der Waals surface area contributed by atoms with E-state index < -0.39 is 0 Å². The monoisotopic (exact) mass is 302 g/mol. The molecule has 0 aliphatic heterocycles. The molecule has 1 aromatic heterocycles. The van der Waals surface area contributed by atoms with Crippen LogP contribution >= 0.6 is 0 Å². The van der Waals surface area contributed by atoms with Gasteiger partial charge in [-0.1, -0.05) is 0 Å². The highest BCUT2D eigenvalue weighted by molar-refractivity contribution is 5.96. The largest absolute Gasteiger partial charge is 0.462 e. The van der Waals surface area contributed by atoms with Crippen LogP contribution in [0.4, 0.5) is 5.69 Å². The molecule has 0 aliphatic carbocycles. The minimum atomic E-state index is -0.0984. The van der Waals surface area contributed by atoms with Crippen molar-refractivity contribution in [2.24, 2.45) is 0 Å². The summed E-state index contributed by atoms with van der Waals surface area (Å²) in [6, 6.07) is 9.32. The summed E-state index contributed by atoms with van der Waals surface area (Å²) in [5.74, 6) is 1.25. The van der Waals surface area contributed by atoms with Gasteiger partial charge in [0.25, 0.3) is 5.91 Å². The predicted octanol–water partition coefficient (Wildman–Crippen LogP) is 2.83. The van der Waals surface area contributed by atoms with Gasteiger partial charge in [-0.2, -0.15) is 0 Å². The van der Waals surface area contributed by atoms with E-state index in [0.717, 1.165) is 17.0 Å². The van der Waals surface area contributed by atoms with Crippen LogP contribution in [0.2, 0.25) is 0 Å². The fourth-order valence-electron chi connectivity index (χ4n) is 2.16. The van der Waals surface area contributed by atoms with E-state index in [1.165, 1.54) is 0 Å². The number of carbonyl (C=O) groups excluding carboxylic acids is 1. The summed E-state index contributed by atoms with van der Waals surface area (Å²) < 4.78 is 5.41. The van der Waals surface area contributed by atoms with Crippen LogP contribution < -0.4 is 10.6 Å². The van der Waals surface area contributed by atoms with Crippen LogP contribution in [0.25, 0.3) is 0 Å². The Labute approximate surface area is 130 Å². The Morgan fingerprint density at radius 3 is 2.55 bits per heavy atom. The van der Waals surface area contributed by atoms with Crippen molar-refractivity contribution in [1.29, 1.82) is 0 Å². The first kappa shape index (κ1) is 16.1. The molecule has 3 N–H and O–H groups in total. The normalized spacial score (nSPS) is 10.8. The number of hydrogen-bond acceptors (Lipinski definition) is 4. The van der Waals surface area contributed by atoms with Gasteiger partial charge in [0.2, 0.25) is 0 Å². The second-order valence-electron chi connectivity index (χ2n) is 5.54. The highest BCUT2D eigenvalue weighted by Crippen LogP contribution is 2.17. The van der Waals surface area contributed by atoms with Crippen molar-refractivity contribution in [3.63, 3.8) is 0 Å². The predicted molar refractivity (Wildman–Crippen MR) is 85.7 cm³/mol. The Morgan fingerprint density at radius 1 is 1.23 bits per heavy atom. The van der Waals surface area contributed by atoms with Crippen molar-refractivity contribution in [1.82, 2.24) is 5.32 Å². The van der Waals surface area contributed by atoms with E-state index in [1.54, 1.807) is 6.07 Å². The minimum Gasteiger partial charge on any atom is -0.462 e. The van der Waals surface area contributed by atoms with Crippen LogP contribution in [-0.4, -0.2) is 17.1 Å². The molecule has 0 saturated carbocycles. The maximum atomic E-state index is 12.0.